The largest absolute Gasteiger partial charge is 0.508 e. The number of hydrogen-bond donors (Lipinski definition) is 2. The van der Waals surface area contributed by atoms with E-state index in [-0.39, 0.29) is 11.8 Å². The standard InChI is InChI=1S/C17H15NO2S/c1-11(21)18-17(15-7-4-10-20-15)16-13-6-3-2-5-12(13)8-9-14(16)19/h2-10,17,19H,1H3,(H,18,21). The topological polar surface area (TPSA) is 45.4 Å². The van der Waals surface area contributed by atoms with Gasteiger partial charge in [-0.1, -0.05) is 42.5 Å². The molecule has 3 aromatic rings. The number of hydrogen-bond acceptors (Lipinski definition) is 3. The fraction of sp³-hybridized carbons (Fsp3) is 0.118. The third-order valence-corrected chi connectivity index (χ3v) is 3.53. The van der Waals surface area contributed by atoms with Crippen LogP contribution in [0, 0.1) is 0 Å². The average molecular weight is 297 g/mol. The summed E-state index contributed by atoms with van der Waals surface area (Å²) in [6, 6.07) is 14.9. The van der Waals surface area contributed by atoms with Crippen molar-refractivity contribution in [2.75, 3.05) is 0 Å². The molecule has 0 saturated carbocycles. The Hall–Kier alpha value is -2.33. The van der Waals surface area contributed by atoms with Gasteiger partial charge in [-0.2, -0.15) is 0 Å². The van der Waals surface area contributed by atoms with Gasteiger partial charge in [0.25, 0.3) is 0 Å². The first-order chi connectivity index (χ1) is 10.2. The third kappa shape index (κ3) is 2.62. The summed E-state index contributed by atoms with van der Waals surface area (Å²) in [4.78, 5) is 0.642. The third-order valence-electron chi connectivity index (χ3n) is 3.41. The van der Waals surface area contributed by atoms with Crippen LogP contribution >= 0.6 is 12.2 Å². The molecule has 1 unspecified atom stereocenters. The van der Waals surface area contributed by atoms with Crippen LogP contribution in [0.1, 0.15) is 24.3 Å². The van der Waals surface area contributed by atoms with Crippen LogP contribution in [0.3, 0.4) is 0 Å². The molecule has 1 heterocycles. The lowest BCUT2D eigenvalue weighted by Gasteiger charge is -2.20. The van der Waals surface area contributed by atoms with Gasteiger partial charge in [0.05, 0.1) is 11.3 Å². The second-order valence-corrected chi connectivity index (χ2v) is 5.48. The van der Waals surface area contributed by atoms with Crippen molar-refractivity contribution < 1.29 is 9.52 Å². The average Bonchev–Trinajstić information content (AvgIpc) is 2.99. The van der Waals surface area contributed by atoms with E-state index in [1.807, 2.05) is 49.4 Å². The Morgan fingerprint density at radius 1 is 1.14 bits per heavy atom. The van der Waals surface area contributed by atoms with Crippen LogP contribution in [-0.4, -0.2) is 10.1 Å². The van der Waals surface area contributed by atoms with Crippen molar-refractivity contribution in [3.8, 4) is 5.75 Å². The van der Waals surface area contributed by atoms with Crippen LogP contribution < -0.4 is 5.32 Å². The van der Waals surface area contributed by atoms with E-state index in [4.69, 9.17) is 16.6 Å². The Labute approximate surface area is 128 Å². The Morgan fingerprint density at radius 2 is 1.95 bits per heavy atom. The SMILES string of the molecule is CC(=S)NC(c1ccco1)c1c(O)ccc2ccccc12. The first kappa shape index (κ1) is 13.6. The zero-order valence-corrected chi connectivity index (χ0v) is 12.4. The van der Waals surface area contributed by atoms with Crippen molar-refractivity contribution in [1.82, 2.24) is 5.32 Å². The normalized spacial score (nSPS) is 12.2. The summed E-state index contributed by atoms with van der Waals surface area (Å²) < 4.78 is 5.52. The van der Waals surface area contributed by atoms with E-state index in [1.165, 1.54) is 0 Å². The van der Waals surface area contributed by atoms with Gasteiger partial charge in [-0.15, -0.1) is 0 Å². The van der Waals surface area contributed by atoms with E-state index in [9.17, 15) is 5.11 Å². The molecule has 3 rings (SSSR count). The molecule has 21 heavy (non-hydrogen) atoms. The zero-order valence-electron chi connectivity index (χ0n) is 11.5. The van der Waals surface area contributed by atoms with Crippen molar-refractivity contribution in [2.45, 2.75) is 13.0 Å². The highest BCUT2D eigenvalue weighted by molar-refractivity contribution is 7.80. The lowest BCUT2D eigenvalue weighted by Crippen LogP contribution is -2.25. The van der Waals surface area contributed by atoms with E-state index in [2.05, 4.69) is 5.32 Å². The molecule has 0 radical (unpaired) electrons. The summed E-state index contributed by atoms with van der Waals surface area (Å²) in [6.45, 7) is 1.81. The second kappa shape index (κ2) is 5.58. The molecular weight excluding hydrogens is 282 g/mol. The number of benzene rings is 2. The van der Waals surface area contributed by atoms with Crippen LogP contribution in [0.15, 0.2) is 59.2 Å². The minimum absolute atomic E-state index is 0.221. The second-order valence-electron chi connectivity index (χ2n) is 4.87. The predicted molar refractivity (Wildman–Crippen MR) is 87.6 cm³/mol. The lowest BCUT2D eigenvalue weighted by molar-refractivity contribution is 0.443. The van der Waals surface area contributed by atoms with Crippen molar-refractivity contribution in [3.05, 3.63) is 66.1 Å². The van der Waals surface area contributed by atoms with Crippen LogP contribution in [-0.2, 0) is 0 Å². The molecule has 0 bridgehead atoms. The summed E-state index contributed by atoms with van der Waals surface area (Å²) in [5.74, 6) is 0.935. The van der Waals surface area contributed by atoms with Crippen LogP contribution in [0.2, 0.25) is 0 Å². The van der Waals surface area contributed by atoms with Gasteiger partial charge >= 0.3 is 0 Å². The lowest BCUT2D eigenvalue weighted by atomic mass is 9.96. The maximum atomic E-state index is 10.4. The highest BCUT2D eigenvalue weighted by Crippen LogP contribution is 2.35. The number of fused-ring (bicyclic) bond motifs is 1. The number of aromatic hydroxyl groups is 1. The summed E-state index contributed by atoms with van der Waals surface area (Å²) >= 11 is 5.18. The maximum absolute atomic E-state index is 10.4. The quantitative estimate of drug-likeness (QED) is 0.712. The molecule has 106 valence electrons. The minimum atomic E-state index is -0.316. The molecular formula is C17H15NO2S. The van der Waals surface area contributed by atoms with Gasteiger partial charge in [-0.25, -0.2) is 0 Å². The summed E-state index contributed by atoms with van der Waals surface area (Å²) in [7, 11) is 0. The highest BCUT2D eigenvalue weighted by Gasteiger charge is 2.22. The van der Waals surface area contributed by atoms with E-state index < -0.39 is 0 Å². The molecule has 2 aromatic carbocycles. The molecule has 4 heteroatoms. The number of phenols is 1. The molecule has 0 aliphatic heterocycles. The highest BCUT2D eigenvalue weighted by atomic mass is 32.1. The van der Waals surface area contributed by atoms with Gasteiger partial charge in [0.2, 0.25) is 0 Å². The maximum Gasteiger partial charge on any atom is 0.130 e. The van der Waals surface area contributed by atoms with Crippen LogP contribution in [0.5, 0.6) is 5.75 Å². The number of nitrogens with one attached hydrogen (secondary N) is 1. The first-order valence-corrected chi connectivity index (χ1v) is 7.09. The van der Waals surface area contributed by atoms with Gasteiger partial charge in [0.15, 0.2) is 0 Å². The Morgan fingerprint density at radius 3 is 2.67 bits per heavy atom. The molecule has 0 saturated heterocycles. The molecule has 1 atom stereocenters. The number of phenolic OH excluding ortho intramolecular Hbond substituents is 1. The number of rotatable bonds is 3. The van der Waals surface area contributed by atoms with Crippen molar-refractivity contribution in [3.63, 3.8) is 0 Å². The van der Waals surface area contributed by atoms with Gasteiger partial charge in [-0.05, 0) is 35.9 Å². The molecule has 0 fully saturated rings. The fourth-order valence-corrected chi connectivity index (χ4v) is 2.65. The van der Waals surface area contributed by atoms with Gasteiger partial charge < -0.3 is 14.8 Å². The van der Waals surface area contributed by atoms with E-state index in [0.29, 0.717) is 10.7 Å². The first-order valence-electron chi connectivity index (χ1n) is 6.68. The van der Waals surface area contributed by atoms with Gasteiger partial charge in [0, 0.05) is 5.56 Å². The monoisotopic (exact) mass is 297 g/mol. The number of furan rings is 1. The number of thiocarbonyl (C=S) groups is 1. The van der Waals surface area contributed by atoms with Crippen molar-refractivity contribution >= 4 is 28.0 Å². The van der Waals surface area contributed by atoms with Gasteiger partial charge in [0.1, 0.15) is 17.6 Å². The Balaban J connectivity index is 2.23. The minimum Gasteiger partial charge on any atom is -0.508 e. The molecule has 2 N–H and O–H groups in total. The Kier molecular flexibility index (Phi) is 3.62. The Bertz CT molecular complexity index is 781. The van der Waals surface area contributed by atoms with Gasteiger partial charge in [-0.3, -0.25) is 0 Å². The molecule has 0 spiro atoms. The summed E-state index contributed by atoms with van der Waals surface area (Å²) in [6.07, 6.45) is 1.62. The summed E-state index contributed by atoms with van der Waals surface area (Å²) in [5.41, 5.74) is 0.771. The molecule has 1 aromatic heterocycles. The fourth-order valence-electron chi connectivity index (χ4n) is 2.53. The molecule has 0 aliphatic carbocycles. The molecule has 0 aliphatic rings. The summed E-state index contributed by atoms with van der Waals surface area (Å²) in [5, 5.41) is 15.6. The van der Waals surface area contributed by atoms with E-state index in [0.717, 1.165) is 16.3 Å². The van der Waals surface area contributed by atoms with Crippen molar-refractivity contribution in [1.29, 1.82) is 0 Å². The molecule has 3 nitrogen and oxygen atoms in total. The van der Waals surface area contributed by atoms with E-state index in [1.54, 1.807) is 12.3 Å². The van der Waals surface area contributed by atoms with E-state index >= 15 is 0 Å². The van der Waals surface area contributed by atoms with Crippen molar-refractivity contribution in [2.24, 2.45) is 0 Å². The van der Waals surface area contributed by atoms with Crippen LogP contribution in [0.25, 0.3) is 10.8 Å². The molecule has 0 amide bonds. The smallest absolute Gasteiger partial charge is 0.130 e. The predicted octanol–water partition coefficient (Wildman–Crippen LogP) is 4.16. The zero-order chi connectivity index (χ0) is 14.8. The van der Waals surface area contributed by atoms with Crippen LogP contribution in [0.4, 0.5) is 0 Å².